The molecule has 14 nitrogen and oxygen atoms in total. The molecule has 2 amide bonds. The number of hydrogen-bond donors (Lipinski definition) is 7. The maximum Gasteiger partial charge on any atom is 0.258 e. The summed E-state index contributed by atoms with van der Waals surface area (Å²) in [5, 5.41) is 52.2. The predicted molar refractivity (Wildman–Crippen MR) is 167 cm³/mol. The minimum absolute atomic E-state index is 0.0154. The largest absolute Gasteiger partial charge is 0.507 e. The number of amides is 2. The van der Waals surface area contributed by atoms with Crippen molar-refractivity contribution in [3.8, 4) is 5.75 Å². The molecule has 2 saturated carbocycles. The Kier molecular flexibility index (Phi) is 8.79. The molecular weight excluding hydrogens is 584 g/mol. The summed E-state index contributed by atoms with van der Waals surface area (Å²) in [5.74, 6) is -8.54. The summed E-state index contributed by atoms with van der Waals surface area (Å²) in [6.45, 7) is 5.51. The molecule has 0 heterocycles. The number of carbonyl (C=O) groups excluding carboxylic acids is 4. The van der Waals surface area contributed by atoms with Gasteiger partial charge in [0, 0.05) is 42.9 Å². The van der Waals surface area contributed by atoms with E-state index >= 15 is 0 Å². The maximum atomic E-state index is 14.2. The minimum atomic E-state index is -2.75. The van der Waals surface area contributed by atoms with Crippen LogP contribution in [0.15, 0.2) is 11.6 Å². The van der Waals surface area contributed by atoms with Gasteiger partial charge >= 0.3 is 0 Å². The van der Waals surface area contributed by atoms with Crippen LogP contribution in [0.1, 0.15) is 38.3 Å². The number of hydrogen-bond acceptors (Lipinski definition) is 12. The van der Waals surface area contributed by atoms with Crippen LogP contribution in [-0.2, 0) is 25.6 Å². The zero-order chi connectivity index (χ0) is 34.1. The number of phenolic OH excluding ortho intramolecular Hbond substituents is 1. The predicted octanol–water partition coefficient (Wildman–Crippen LogP) is -0.591. The lowest BCUT2D eigenvalue weighted by Gasteiger charge is -2.53. The fourth-order valence-corrected chi connectivity index (χ4v) is 7.18. The topological polar surface area (TPSA) is 209 Å². The third-order valence-electron chi connectivity index (χ3n) is 9.10. The monoisotopic (exact) mass is 630 g/mol. The summed E-state index contributed by atoms with van der Waals surface area (Å²) in [7, 11) is 10.1. The number of aliphatic hydroxyl groups excluding tert-OH is 2. The number of benzene rings is 1. The van der Waals surface area contributed by atoms with Crippen molar-refractivity contribution in [1.29, 1.82) is 0 Å². The highest BCUT2D eigenvalue weighted by molar-refractivity contribution is 6.25. The van der Waals surface area contributed by atoms with E-state index in [0.29, 0.717) is 11.3 Å². The Bertz CT molecular complexity index is 1460. The summed E-state index contributed by atoms with van der Waals surface area (Å²) >= 11 is 0. The van der Waals surface area contributed by atoms with Gasteiger partial charge < -0.3 is 46.6 Å². The van der Waals surface area contributed by atoms with Crippen molar-refractivity contribution in [1.82, 2.24) is 15.1 Å². The van der Waals surface area contributed by atoms with Crippen LogP contribution in [0.4, 0.5) is 11.4 Å². The number of primary amides is 1. The van der Waals surface area contributed by atoms with Crippen molar-refractivity contribution >= 4 is 40.5 Å². The van der Waals surface area contributed by atoms with E-state index in [-0.39, 0.29) is 35.6 Å². The van der Waals surface area contributed by atoms with Crippen LogP contribution in [0.5, 0.6) is 5.75 Å². The van der Waals surface area contributed by atoms with Gasteiger partial charge in [-0.05, 0) is 79.4 Å². The number of aliphatic hydroxyl groups is 3. The first-order chi connectivity index (χ1) is 20.6. The molecule has 0 saturated heterocycles. The Hall–Kier alpha value is -3.72. The third kappa shape index (κ3) is 5.53. The highest BCUT2D eigenvalue weighted by Crippen LogP contribution is 2.54. The van der Waals surface area contributed by atoms with Crippen molar-refractivity contribution in [3.63, 3.8) is 0 Å². The van der Waals surface area contributed by atoms with Crippen molar-refractivity contribution in [2.45, 2.75) is 63.1 Å². The first-order valence-electron chi connectivity index (χ1n) is 14.8. The van der Waals surface area contributed by atoms with Crippen molar-refractivity contribution in [2.24, 2.45) is 23.5 Å². The zero-order valence-electron chi connectivity index (χ0n) is 27.3. The summed E-state index contributed by atoms with van der Waals surface area (Å²) in [6.07, 6.45) is -2.33. The molecule has 0 aromatic heterocycles. The highest BCUT2D eigenvalue weighted by Gasteiger charge is 2.67. The quantitative estimate of drug-likeness (QED) is 0.115. The lowest BCUT2D eigenvalue weighted by molar-refractivity contribution is -0.184. The first kappa shape index (κ1) is 34.2. The van der Waals surface area contributed by atoms with Crippen LogP contribution in [0.2, 0.25) is 0 Å². The average Bonchev–Trinajstić information content (AvgIpc) is 2.88. The number of likely N-dealkylation sites (N-methyl/N-ethyl adjacent to an activating group) is 2. The van der Waals surface area contributed by atoms with Crippen LogP contribution >= 0.6 is 0 Å². The number of rotatable bonds is 7. The number of anilines is 2. The number of aromatic hydroxyl groups is 1. The van der Waals surface area contributed by atoms with E-state index in [2.05, 4.69) is 10.6 Å². The molecular formula is C31H46N6O8. The first-order valence-corrected chi connectivity index (χ1v) is 14.8. The second-order valence-corrected chi connectivity index (χ2v) is 14.1. The molecule has 0 radical (unpaired) electrons. The number of fused-ring (bicyclic) bond motifs is 3. The molecule has 3 aliphatic rings. The summed E-state index contributed by atoms with van der Waals surface area (Å²) < 4.78 is 0. The number of carbonyl (C=O) groups is 4. The zero-order valence-corrected chi connectivity index (χ0v) is 27.3. The van der Waals surface area contributed by atoms with Crippen molar-refractivity contribution in [3.05, 3.63) is 22.8 Å². The molecule has 3 aliphatic carbocycles. The Morgan fingerprint density at radius 3 is 2.18 bits per heavy atom. The van der Waals surface area contributed by atoms with Gasteiger partial charge in [0.1, 0.15) is 17.4 Å². The Morgan fingerprint density at radius 2 is 1.69 bits per heavy atom. The average molecular weight is 631 g/mol. The molecule has 4 rings (SSSR count). The minimum Gasteiger partial charge on any atom is -0.507 e. The summed E-state index contributed by atoms with van der Waals surface area (Å²) in [5.41, 5.74) is 3.06. The number of phenols is 1. The van der Waals surface area contributed by atoms with E-state index in [1.54, 1.807) is 63.1 Å². The molecule has 0 aliphatic heterocycles. The van der Waals surface area contributed by atoms with Gasteiger partial charge in [0.05, 0.1) is 17.4 Å². The number of nitrogens with two attached hydrogens (primary N) is 1. The third-order valence-corrected chi connectivity index (χ3v) is 9.10. The van der Waals surface area contributed by atoms with E-state index < -0.39 is 76.2 Å². The molecule has 45 heavy (non-hydrogen) atoms. The van der Waals surface area contributed by atoms with E-state index in [4.69, 9.17) is 5.73 Å². The highest BCUT2D eigenvalue weighted by atomic mass is 16.3. The second-order valence-electron chi connectivity index (χ2n) is 14.1. The number of ketones is 2. The number of nitrogens with one attached hydrogen (secondary N) is 2. The van der Waals surface area contributed by atoms with Gasteiger partial charge in [0.2, 0.25) is 11.7 Å². The molecule has 7 atom stereocenters. The fraction of sp³-hybridized carbons (Fsp3) is 0.613. The lowest BCUT2D eigenvalue weighted by atomic mass is 9.54. The maximum absolute atomic E-state index is 14.2. The number of Topliss-reactive ketones (excluding diaryl/α,β-unsaturated/α-hetero) is 2. The molecule has 1 aromatic carbocycles. The van der Waals surface area contributed by atoms with Crippen LogP contribution in [0.25, 0.3) is 5.76 Å². The van der Waals surface area contributed by atoms with Crippen LogP contribution < -0.4 is 21.3 Å². The molecule has 0 bridgehead atoms. The molecule has 8 N–H and O–H groups in total. The molecule has 3 unspecified atom stereocenters. The molecule has 248 valence electrons. The van der Waals surface area contributed by atoms with Gasteiger partial charge in [-0.15, -0.1) is 0 Å². The Balaban J connectivity index is 1.89. The molecule has 14 heteroatoms. The van der Waals surface area contributed by atoms with Gasteiger partial charge in [-0.25, -0.2) is 0 Å². The standard InChI is InChI=1S/C31H46N6O8/c1-30(2,3)34-29(44)28(37(8)9)33-16-12-17(35(4)5)14-10-13-11-15-21(36(6)7)24(40)20(27(32)43)26(42)31(15,45)25(41)18(13)23(39)19(14)22(16)38/h12-13,15,20-21,24,28,33,38-40,45H,10-11H2,1-9H3,(H2,32,43)(H,34,44)/t13-,15-,20?,21-,24?,28?,31-/m1/s1. The molecule has 1 aromatic rings. The van der Waals surface area contributed by atoms with Crippen LogP contribution in [-0.4, -0.2) is 125 Å². The normalized spacial score (nSPS) is 28.8. The molecule has 2 fully saturated rings. The van der Waals surface area contributed by atoms with Crippen LogP contribution in [0.3, 0.4) is 0 Å². The van der Waals surface area contributed by atoms with E-state index in [1.165, 1.54) is 0 Å². The number of nitrogens with zero attached hydrogens (tertiary/aromatic N) is 3. The SMILES string of the molecule is CN(C)c1cc(NC(C(=O)NC(C)(C)C)N(C)C)c(O)c2c1C[C@@H]1C[C@@H]3[C@@H](N(C)C)C(O)C(C(N)=O)C(=O)[C@]3(O)C(=O)C1=C2O. The summed E-state index contributed by atoms with van der Waals surface area (Å²) in [6, 6.07) is 0.678. The fourth-order valence-electron chi connectivity index (χ4n) is 7.18. The Labute approximate surface area is 262 Å². The van der Waals surface area contributed by atoms with Crippen LogP contribution in [0, 0.1) is 17.8 Å². The van der Waals surface area contributed by atoms with Gasteiger partial charge in [-0.2, -0.15) is 0 Å². The van der Waals surface area contributed by atoms with E-state index in [9.17, 15) is 39.6 Å². The summed E-state index contributed by atoms with van der Waals surface area (Å²) in [4.78, 5) is 58.2. The van der Waals surface area contributed by atoms with Crippen molar-refractivity contribution < 1.29 is 39.6 Å². The van der Waals surface area contributed by atoms with Crippen molar-refractivity contribution in [2.75, 3.05) is 52.5 Å². The van der Waals surface area contributed by atoms with Gasteiger partial charge in [-0.3, -0.25) is 24.1 Å². The van der Waals surface area contributed by atoms with E-state index in [1.807, 2.05) is 20.8 Å². The second kappa shape index (κ2) is 11.6. The van der Waals surface area contributed by atoms with E-state index in [0.717, 1.165) is 0 Å². The van der Waals surface area contributed by atoms with Gasteiger partial charge in [0.15, 0.2) is 17.6 Å². The molecule has 0 spiro atoms. The smallest absolute Gasteiger partial charge is 0.258 e. The van der Waals surface area contributed by atoms with Gasteiger partial charge in [0.25, 0.3) is 5.91 Å². The van der Waals surface area contributed by atoms with Gasteiger partial charge in [-0.1, -0.05) is 0 Å². The lowest BCUT2D eigenvalue weighted by Crippen LogP contribution is -2.73. The Morgan fingerprint density at radius 1 is 1.09 bits per heavy atom.